The second-order valence-corrected chi connectivity index (χ2v) is 9.20. The molecule has 0 bridgehead atoms. The molecule has 30 heavy (non-hydrogen) atoms. The minimum absolute atomic E-state index is 0.00143. The molecule has 0 spiro atoms. The van der Waals surface area contributed by atoms with Gasteiger partial charge in [0.2, 0.25) is 0 Å². The molecule has 0 aliphatic carbocycles. The van der Waals surface area contributed by atoms with E-state index in [0.29, 0.717) is 4.88 Å². The second-order valence-electron chi connectivity index (χ2n) is 8.20. The summed E-state index contributed by atoms with van der Waals surface area (Å²) in [6, 6.07) is 10.7. The van der Waals surface area contributed by atoms with Crippen LogP contribution in [0.3, 0.4) is 0 Å². The zero-order valence-electron chi connectivity index (χ0n) is 17.7. The van der Waals surface area contributed by atoms with Gasteiger partial charge in [-0.3, -0.25) is 4.79 Å². The lowest BCUT2D eigenvalue weighted by molar-refractivity contribution is 0.0544. The van der Waals surface area contributed by atoms with Crippen molar-refractivity contribution < 1.29 is 9.53 Å². The molecular formula is C23H28N4O2S. The number of rotatable bonds is 6. The molecule has 0 saturated carbocycles. The molecule has 0 radical (unpaired) electrons. The minimum Gasteiger partial charge on any atom is -0.381 e. The molecule has 1 saturated heterocycles. The van der Waals surface area contributed by atoms with Crippen LogP contribution in [0.25, 0.3) is 10.2 Å². The Bertz CT molecular complexity index is 1030. The van der Waals surface area contributed by atoms with Crippen LogP contribution in [0, 0.1) is 6.92 Å². The van der Waals surface area contributed by atoms with Gasteiger partial charge in [0.25, 0.3) is 5.91 Å². The van der Waals surface area contributed by atoms with Crippen molar-refractivity contribution in [3.8, 4) is 0 Å². The first-order valence-corrected chi connectivity index (χ1v) is 11.2. The highest BCUT2D eigenvalue weighted by molar-refractivity contribution is 7.20. The summed E-state index contributed by atoms with van der Waals surface area (Å²) in [6.45, 7) is 8.17. The number of carbonyl (C=O) groups is 1. The Labute approximate surface area is 181 Å². The van der Waals surface area contributed by atoms with Crippen molar-refractivity contribution >= 4 is 33.3 Å². The van der Waals surface area contributed by atoms with Crippen LogP contribution in [0.4, 0.5) is 5.82 Å². The lowest BCUT2D eigenvalue weighted by atomic mass is 9.74. The summed E-state index contributed by atoms with van der Waals surface area (Å²) in [7, 11) is 0. The third-order valence-corrected chi connectivity index (χ3v) is 6.98. The highest BCUT2D eigenvalue weighted by Crippen LogP contribution is 2.37. The van der Waals surface area contributed by atoms with Crippen LogP contribution in [0.15, 0.2) is 36.7 Å². The smallest absolute Gasteiger partial charge is 0.261 e. The number of carbonyl (C=O) groups excluding carboxylic acids is 1. The van der Waals surface area contributed by atoms with Gasteiger partial charge in [0.05, 0.1) is 10.3 Å². The predicted octanol–water partition coefficient (Wildman–Crippen LogP) is 4.30. The van der Waals surface area contributed by atoms with E-state index < -0.39 is 0 Å². The zero-order chi connectivity index (χ0) is 21.1. The number of thiophene rings is 1. The van der Waals surface area contributed by atoms with Crippen molar-refractivity contribution in [1.82, 2.24) is 15.3 Å². The van der Waals surface area contributed by atoms with Crippen molar-refractivity contribution in [2.75, 3.05) is 25.1 Å². The van der Waals surface area contributed by atoms with Crippen LogP contribution in [-0.2, 0) is 10.2 Å². The van der Waals surface area contributed by atoms with Crippen LogP contribution in [-0.4, -0.2) is 41.7 Å². The monoisotopic (exact) mass is 424 g/mol. The topological polar surface area (TPSA) is 76.1 Å². The number of hydrogen-bond donors (Lipinski definition) is 2. The summed E-state index contributed by atoms with van der Waals surface area (Å²) in [6.07, 6.45) is 3.50. The van der Waals surface area contributed by atoms with Crippen molar-refractivity contribution in [3.63, 3.8) is 0 Å². The SMILES string of the molecule is Cc1c(C(=O)NC(C)C)sc2ncnc(NCC3(c4ccccc4)CCOCC3)c12. The van der Waals surface area contributed by atoms with Gasteiger partial charge in [0.1, 0.15) is 17.0 Å². The molecule has 0 unspecified atom stereocenters. The molecule has 2 N–H and O–H groups in total. The van der Waals surface area contributed by atoms with Gasteiger partial charge in [-0.25, -0.2) is 9.97 Å². The fraction of sp³-hybridized carbons (Fsp3) is 0.435. The molecular weight excluding hydrogens is 396 g/mol. The maximum absolute atomic E-state index is 12.6. The van der Waals surface area contributed by atoms with Crippen LogP contribution in [0.5, 0.6) is 0 Å². The van der Waals surface area contributed by atoms with E-state index in [1.54, 1.807) is 6.33 Å². The Kier molecular flexibility index (Phi) is 6.01. The molecule has 3 aromatic rings. The average Bonchev–Trinajstić information content (AvgIpc) is 3.10. The molecule has 1 aliphatic rings. The largest absolute Gasteiger partial charge is 0.381 e. The number of anilines is 1. The van der Waals surface area contributed by atoms with E-state index in [2.05, 4.69) is 50.9 Å². The minimum atomic E-state index is -0.0540. The Morgan fingerprint density at radius 3 is 2.63 bits per heavy atom. The first-order valence-electron chi connectivity index (χ1n) is 10.4. The summed E-state index contributed by atoms with van der Waals surface area (Å²) in [5, 5.41) is 7.52. The number of fused-ring (bicyclic) bond motifs is 1. The zero-order valence-corrected chi connectivity index (χ0v) is 18.5. The van der Waals surface area contributed by atoms with Crippen LogP contribution in [0.1, 0.15) is 47.5 Å². The Morgan fingerprint density at radius 1 is 1.20 bits per heavy atom. The van der Waals surface area contributed by atoms with Gasteiger partial charge < -0.3 is 15.4 Å². The van der Waals surface area contributed by atoms with Crippen LogP contribution in [0.2, 0.25) is 0 Å². The number of benzene rings is 1. The van der Waals surface area contributed by atoms with Crippen LogP contribution < -0.4 is 10.6 Å². The maximum Gasteiger partial charge on any atom is 0.261 e. The van der Waals surface area contributed by atoms with Gasteiger partial charge in [-0.1, -0.05) is 30.3 Å². The van der Waals surface area contributed by atoms with Gasteiger partial charge in [-0.2, -0.15) is 0 Å². The molecule has 158 valence electrons. The summed E-state index contributed by atoms with van der Waals surface area (Å²) >= 11 is 1.42. The van der Waals surface area contributed by atoms with E-state index in [-0.39, 0.29) is 17.4 Å². The number of nitrogens with one attached hydrogen (secondary N) is 2. The van der Waals surface area contributed by atoms with Crippen molar-refractivity contribution in [3.05, 3.63) is 52.7 Å². The third-order valence-electron chi connectivity index (χ3n) is 5.78. The fourth-order valence-electron chi connectivity index (χ4n) is 4.12. The Morgan fingerprint density at radius 2 is 1.93 bits per heavy atom. The molecule has 0 atom stereocenters. The number of hydrogen-bond acceptors (Lipinski definition) is 6. The molecule has 3 heterocycles. The molecule has 2 aromatic heterocycles. The lowest BCUT2D eigenvalue weighted by Crippen LogP contribution is -2.40. The van der Waals surface area contributed by atoms with E-state index in [0.717, 1.165) is 54.2 Å². The number of nitrogens with zero attached hydrogens (tertiary/aromatic N) is 2. The van der Waals surface area contributed by atoms with Gasteiger partial charge in [0.15, 0.2) is 0 Å². The summed E-state index contributed by atoms with van der Waals surface area (Å²) in [5.41, 5.74) is 2.25. The Hall–Kier alpha value is -2.51. The van der Waals surface area contributed by atoms with E-state index in [4.69, 9.17) is 4.74 Å². The maximum atomic E-state index is 12.6. The van der Waals surface area contributed by atoms with Crippen molar-refractivity contribution in [1.29, 1.82) is 0 Å². The van der Waals surface area contributed by atoms with E-state index >= 15 is 0 Å². The van der Waals surface area contributed by atoms with Crippen LogP contribution >= 0.6 is 11.3 Å². The van der Waals surface area contributed by atoms with Gasteiger partial charge in [-0.05, 0) is 44.7 Å². The van der Waals surface area contributed by atoms with Crippen molar-refractivity contribution in [2.45, 2.75) is 45.1 Å². The molecule has 7 heteroatoms. The number of aryl methyl sites for hydroxylation is 1. The second kappa shape index (κ2) is 8.70. The first kappa shape index (κ1) is 20.8. The molecule has 4 rings (SSSR count). The van der Waals surface area contributed by atoms with Gasteiger partial charge in [-0.15, -0.1) is 11.3 Å². The van der Waals surface area contributed by atoms with Gasteiger partial charge in [0, 0.05) is 31.2 Å². The predicted molar refractivity (Wildman–Crippen MR) is 121 cm³/mol. The summed E-state index contributed by atoms with van der Waals surface area (Å²) < 4.78 is 5.65. The highest BCUT2D eigenvalue weighted by Gasteiger charge is 2.34. The molecule has 1 aliphatic heterocycles. The first-order chi connectivity index (χ1) is 14.5. The number of ether oxygens (including phenoxy) is 1. The Balaban J connectivity index is 1.65. The lowest BCUT2D eigenvalue weighted by Gasteiger charge is -2.38. The number of amides is 1. The fourth-order valence-corrected chi connectivity index (χ4v) is 5.18. The molecule has 1 amide bonds. The highest BCUT2D eigenvalue weighted by atomic mass is 32.1. The quantitative estimate of drug-likeness (QED) is 0.617. The van der Waals surface area contributed by atoms with E-state index in [9.17, 15) is 4.79 Å². The average molecular weight is 425 g/mol. The number of aromatic nitrogens is 2. The van der Waals surface area contributed by atoms with E-state index in [1.165, 1.54) is 16.9 Å². The molecule has 6 nitrogen and oxygen atoms in total. The molecule has 1 fully saturated rings. The summed E-state index contributed by atoms with van der Waals surface area (Å²) in [5.74, 6) is 0.737. The van der Waals surface area contributed by atoms with Gasteiger partial charge >= 0.3 is 0 Å². The summed E-state index contributed by atoms with van der Waals surface area (Å²) in [4.78, 5) is 23.1. The normalized spacial score (nSPS) is 16.0. The third kappa shape index (κ3) is 4.04. The van der Waals surface area contributed by atoms with E-state index in [1.807, 2.05) is 20.8 Å². The molecule has 1 aromatic carbocycles. The standard InChI is InChI=1S/C23H28N4O2S/c1-15(2)27-21(28)19-16(3)18-20(25-14-26-22(18)30-19)24-13-23(9-11-29-12-10-23)17-7-5-4-6-8-17/h4-8,14-15H,9-13H2,1-3H3,(H,27,28)(H,24,25,26). The van der Waals surface area contributed by atoms with Crippen molar-refractivity contribution in [2.24, 2.45) is 0 Å².